The van der Waals surface area contributed by atoms with Gasteiger partial charge < -0.3 is 19.4 Å². The Morgan fingerprint density at radius 2 is 1.81 bits per heavy atom. The van der Waals surface area contributed by atoms with Gasteiger partial charge in [0.2, 0.25) is 0 Å². The minimum absolute atomic E-state index is 0.121. The number of aryl methyl sites for hydroxylation is 1. The van der Waals surface area contributed by atoms with Crippen molar-refractivity contribution >= 4 is 17.8 Å². The van der Waals surface area contributed by atoms with Gasteiger partial charge in [0.05, 0.1) is 6.61 Å². The lowest BCUT2D eigenvalue weighted by atomic mass is 10.2. The van der Waals surface area contributed by atoms with Crippen LogP contribution in [0.2, 0.25) is 0 Å². The number of unbranched alkanes of at least 4 members (excludes halogenated alkanes) is 1. The Kier molecular flexibility index (Phi) is 7.17. The molecular weight excluding hydrogens is 334 g/mol. The fraction of sp³-hybridized carbons (Fsp3) is 0.667. The maximum absolute atomic E-state index is 12.8. The van der Waals surface area contributed by atoms with E-state index in [1.54, 1.807) is 29.7 Å². The first-order valence-electron chi connectivity index (χ1n) is 9.24. The Hall–Kier alpha value is -2.38. The lowest BCUT2D eigenvalue weighted by Crippen LogP contribution is -2.50. The number of piperazine rings is 1. The third kappa shape index (κ3) is 5.06. The van der Waals surface area contributed by atoms with E-state index >= 15 is 0 Å². The van der Waals surface area contributed by atoms with Gasteiger partial charge in [0.15, 0.2) is 0 Å². The van der Waals surface area contributed by atoms with Crippen LogP contribution in [0.25, 0.3) is 0 Å². The molecule has 0 unspecified atom stereocenters. The SMILES string of the molecule is CCCCN(C)c1cc(C(=O)N2CCN(C(=O)OCC)CC2)nc(C)n1. The smallest absolute Gasteiger partial charge is 0.409 e. The topological polar surface area (TPSA) is 78.9 Å². The molecule has 2 heterocycles. The molecule has 0 spiro atoms. The number of ether oxygens (including phenoxy) is 1. The summed E-state index contributed by atoms with van der Waals surface area (Å²) in [5.74, 6) is 1.22. The molecule has 0 saturated carbocycles. The zero-order valence-corrected chi connectivity index (χ0v) is 16.2. The number of hydrogen-bond acceptors (Lipinski definition) is 6. The summed E-state index contributed by atoms with van der Waals surface area (Å²) in [6, 6.07) is 1.75. The van der Waals surface area contributed by atoms with Crippen LogP contribution in [0.5, 0.6) is 0 Å². The normalized spacial score (nSPS) is 14.3. The van der Waals surface area contributed by atoms with Crippen LogP contribution in [0.1, 0.15) is 43.0 Å². The number of nitrogens with zero attached hydrogens (tertiary/aromatic N) is 5. The zero-order valence-electron chi connectivity index (χ0n) is 16.2. The van der Waals surface area contributed by atoms with Crippen molar-refractivity contribution < 1.29 is 14.3 Å². The summed E-state index contributed by atoms with van der Waals surface area (Å²) in [6.07, 6.45) is 1.85. The maximum atomic E-state index is 12.8. The standard InChI is InChI=1S/C18H29N5O3/c1-5-7-8-21(4)16-13-15(19-14(3)20-16)17(24)22-9-11-23(12-10-22)18(25)26-6-2/h13H,5-12H2,1-4H3. The summed E-state index contributed by atoms with van der Waals surface area (Å²) in [5, 5.41) is 0. The van der Waals surface area contributed by atoms with Crippen LogP contribution in [0.4, 0.5) is 10.6 Å². The van der Waals surface area contributed by atoms with Gasteiger partial charge in [-0.05, 0) is 20.3 Å². The Morgan fingerprint density at radius 3 is 2.42 bits per heavy atom. The molecule has 2 rings (SSSR count). The fourth-order valence-corrected chi connectivity index (χ4v) is 2.84. The van der Waals surface area contributed by atoms with Crippen LogP contribution in [0.3, 0.4) is 0 Å². The van der Waals surface area contributed by atoms with Gasteiger partial charge in [-0.15, -0.1) is 0 Å². The number of hydrogen-bond donors (Lipinski definition) is 0. The molecule has 1 aromatic rings. The van der Waals surface area contributed by atoms with Gasteiger partial charge in [-0.25, -0.2) is 14.8 Å². The predicted molar refractivity (Wildman–Crippen MR) is 99.4 cm³/mol. The van der Waals surface area contributed by atoms with E-state index in [-0.39, 0.29) is 12.0 Å². The minimum Gasteiger partial charge on any atom is -0.450 e. The first kappa shape index (κ1) is 19.9. The van der Waals surface area contributed by atoms with Gasteiger partial charge >= 0.3 is 6.09 Å². The van der Waals surface area contributed by atoms with Crippen LogP contribution < -0.4 is 4.90 Å². The molecule has 144 valence electrons. The highest BCUT2D eigenvalue weighted by molar-refractivity contribution is 5.93. The summed E-state index contributed by atoms with van der Waals surface area (Å²) in [7, 11) is 1.98. The van der Waals surface area contributed by atoms with Crippen molar-refractivity contribution in [1.29, 1.82) is 0 Å². The number of carbonyl (C=O) groups excluding carboxylic acids is 2. The highest BCUT2D eigenvalue weighted by Crippen LogP contribution is 2.15. The molecule has 2 amide bonds. The molecule has 1 aliphatic rings. The van der Waals surface area contributed by atoms with Crippen LogP contribution >= 0.6 is 0 Å². The number of rotatable bonds is 6. The summed E-state index contributed by atoms with van der Waals surface area (Å²) in [5.41, 5.74) is 0.403. The predicted octanol–water partition coefficient (Wildman–Crippen LogP) is 1.94. The molecule has 1 aromatic heterocycles. The van der Waals surface area contributed by atoms with Gasteiger partial charge in [0.25, 0.3) is 5.91 Å². The second kappa shape index (κ2) is 9.35. The second-order valence-corrected chi connectivity index (χ2v) is 6.41. The van der Waals surface area contributed by atoms with Gasteiger partial charge in [-0.2, -0.15) is 0 Å². The van der Waals surface area contributed by atoms with E-state index in [0.717, 1.165) is 25.2 Å². The van der Waals surface area contributed by atoms with E-state index in [2.05, 4.69) is 16.9 Å². The van der Waals surface area contributed by atoms with Gasteiger partial charge in [-0.3, -0.25) is 4.79 Å². The number of aromatic nitrogens is 2. The maximum Gasteiger partial charge on any atom is 0.409 e. The molecule has 26 heavy (non-hydrogen) atoms. The van der Waals surface area contributed by atoms with E-state index in [1.807, 2.05) is 11.9 Å². The molecule has 8 nitrogen and oxygen atoms in total. The average Bonchev–Trinajstić information content (AvgIpc) is 2.65. The van der Waals surface area contributed by atoms with Gasteiger partial charge in [0, 0.05) is 45.8 Å². The Balaban J connectivity index is 2.03. The van der Waals surface area contributed by atoms with Crippen molar-refractivity contribution in [2.75, 3.05) is 51.3 Å². The third-order valence-corrected chi connectivity index (χ3v) is 4.37. The summed E-state index contributed by atoms with van der Waals surface area (Å²) < 4.78 is 5.01. The summed E-state index contributed by atoms with van der Waals surface area (Å²) in [4.78, 5) is 38.8. The average molecular weight is 363 g/mol. The molecular formula is C18H29N5O3. The molecule has 1 saturated heterocycles. The van der Waals surface area contributed by atoms with Crippen molar-refractivity contribution in [2.24, 2.45) is 0 Å². The highest BCUT2D eigenvalue weighted by Gasteiger charge is 2.26. The molecule has 1 aliphatic heterocycles. The number of anilines is 1. The summed E-state index contributed by atoms with van der Waals surface area (Å²) in [6.45, 7) is 8.85. The lowest BCUT2D eigenvalue weighted by molar-refractivity contribution is 0.0565. The molecule has 0 radical (unpaired) electrons. The van der Waals surface area contributed by atoms with Crippen LogP contribution in [-0.4, -0.2) is 78.1 Å². The Bertz CT molecular complexity index is 629. The monoisotopic (exact) mass is 363 g/mol. The second-order valence-electron chi connectivity index (χ2n) is 6.41. The summed E-state index contributed by atoms with van der Waals surface area (Å²) >= 11 is 0. The highest BCUT2D eigenvalue weighted by atomic mass is 16.6. The van der Waals surface area contributed by atoms with Gasteiger partial charge in [0.1, 0.15) is 17.3 Å². The molecule has 0 aliphatic carbocycles. The quantitative estimate of drug-likeness (QED) is 0.768. The van der Waals surface area contributed by atoms with E-state index in [9.17, 15) is 9.59 Å². The number of carbonyl (C=O) groups is 2. The van der Waals surface area contributed by atoms with Crippen molar-refractivity contribution in [3.8, 4) is 0 Å². The van der Waals surface area contributed by atoms with Crippen molar-refractivity contribution in [3.05, 3.63) is 17.6 Å². The number of amides is 2. The first-order valence-corrected chi connectivity index (χ1v) is 9.24. The molecule has 0 atom stereocenters. The van der Waals surface area contributed by atoms with Crippen molar-refractivity contribution in [3.63, 3.8) is 0 Å². The third-order valence-electron chi connectivity index (χ3n) is 4.37. The molecule has 0 N–H and O–H groups in total. The molecule has 0 aromatic carbocycles. The van der Waals surface area contributed by atoms with Gasteiger partial charge in [-0.1, -0.05) is 13.3 Å². The van der Waals surface area contributed by atoms with E-state index < -0.39 is 0 Å². The van der Waals surface area contributed by atoms with E-state index in [4.69, 9.17) is 4.74 Å². The first-order chi connectivity index (χ1) is 12.5. The Labute approximate surface area is 155 Å². The van der Waals surface area contributed by atoms with Crippen molar-refractivity contribution in [1.82, 2.24) is 19.8 Å². The molecule has 0 bridgehead atoms. The van der Waals surface area contributed by atoms with Crippen LogP contribution in [0, 0.1) is 6.92 Å². The van der Waals surface area contributed by atoms with Crippen LogP contribution in [0.15, 0.2) is 6.07 Å². The Morgan fingerprint density at radius 1 is 1.15 bits per heavy atom. The van der Waals surface area contributed by atoms with Crippen molar-refractivity contribution in [2.45, 2.75) is 33.6 Å². The fourth-order valence-electron chi connectivity index (χ4n) is 2.84. The van der Waals surface area contributed by atoms with E-state index in [0.29, 0.717) is 44.3 Å². The molecule has 8 heteroatoms. The molecule has 1 fully saturated rings. The van der Waals surface area contributed by atoms with E-state index in [1.165, 1.54) is 0 Å². The zero-order chi connectivity index (χ0) is 19.1. The van der Waals surface area contributed by atoms with Crippen LogP contribution in [-0.2, 0) is 4.74 Å². The largest absolute Gasteiger partial charge is 0.450 e. The lowest BCUT2D eigenvalue weighted by Gasteiger charge is -2.34. The minimum atomic E-state index is -0.322.